The van der Waals surface area contributed by atoms with E-state index in [1.165, 1.54) is 0 Å². The summed E-state index contributed by atoms with van der Waals surface area (Å²) in [5, 5.41) is 0. The summed E-state index contributed by atoms with van der Waals surface area (Å²) in [5.41, 5.74) is 3.34. The Labute approximate surface area is 135 Å². The maximum absolute atomic E-state index is 12.9. The minimum atomic E-state index is -0.0543. The Morgan fingerprint density at radius 2 is 2.00 bits per heavy atom. The average Bonchev–Trinajstić information content (AvgIpc) is 2.87. The van der Waals surface area contributed by atoms with Gasteiger partial charge in [-0.3, -0.25) is 4.79 Å². The van der Waals surface area contributed by atoms with Crippen LogP contribution in [0.15, 0.2) is 61.2 Å². The normalized spacial score (nSPS) is 10.7. The maximum atomic E-state index is 12.9. The van der Waals surface area contributed by atoms with Crippen molar-refractivity contribution >= 4 is 22.6 Å². The van der Waals surface area contributed by atoms with Crippen LogP contribution in [0.25, 0.3) is 11.0 Å². The molecule has 2 aromatic carbocycles. The molecule has 0 saturated carbocycles. The first-order valence-electron chi connectivity index (χ1n) is 7.52. The topological polar surface area (TPSA) is 38.1 Å². The largest absolute Gasteiger partial charge is 0.331 e. The summed E-state index contributed by atoms with van der Waals surface area (Å²) in [6.07, 6.45) is 1.73. The molecule has 0 bridgehead atoms. The van der Waals surface area contributed by atoms with Gasteiger partial charge in [0, 0.05) is 24.8 Å². The number of nitrogens with zero attached hydrogens (tertiary/aromatic N) is 3. The van der Waals surface area contributed by atoms with Gasteiger partial charge in [-0.1, -0.05) is 24.3 Å². The molecular weight excluding hydrogens is 286 g/mol. The molecule has 0 fully saturated rings. The molecule has 0 radical (unpaired) electrons. The van der Waals surface area contributed by atoms with Crippen molar-refractivity contribution in [1.82, 2.24) is 9.55 Å². The van der Waals surface area contributed by atoms with E-state index in [9.17, 15) is 4.79 Å². The second-order valence-corrected chi connectivity index (χ2v) is 5.46. The number of carbonyl (C=O) groups is 1. The first-order valence-corrected chi connectivity index (χ1v) is 7.52. The third-order valence-electron chi connectivity index (χ3n) is 3.98. The smallest absolute Gasteiger partial charge is 0.258 e. The van der Waals surface area contributed by atoms with Gasteiger partial charge in [0.05, 0.1) is 11.0 Å². The lowest BCUT2D eigenvalue weighted by atomic mass is 10.1. The summed E-state index contributed by atoms with van der Waals surface area (Å²) in [5.74, 6) is 0.872. The van der Waals surface area contributed by atoms with E-state index in [2.05, 4.69) is 11.6 Å². The summed E-state index contributed by atoms with van der Waals surface area (Å²) in [6.45, 7) is 6.17. The zero-order chi connectivity index (χ0) is 16.4. The Morgan fingerprint density at radius 3 is 2.70 bits per heavy atom. The molecule has 1 amide bonds. The van der Waals surface area contributed by atoms with E-state index in [0.29, 0.717) is 12.1 Å². The van der Waals surface area contributed by atoms with Crippen LogP contribution in [0.5, 0.6) is 0 Å². The first-order chi connectivity index (χ1) is 11.1. The molecule has 0 aliphatic rings. The van der Waals surface area contributed by atoms with Crippen molar-refractivity contribution in [3.8, 4) is 0 Å². The van der Waals surface area contributed by atoms with Gasteiger partial charge in [-0.25, -0.2) is 4.98 Å². The van der Waals surface area contributed by atoms with Crippen LogP contribution in [0.4, 0.5) is 5.69 Å². The van der Waals surface area contributed by atoms with Crippen molar-refractivity contribution < 1.29 is 4.79 Å². The van der Waals surface area contributed by atoms with Gasteiger partial charge in [0.15, 0.2) is 0 Å². The fraction of sp³-hybridized carbons (Fsp3) is 0.158. The minimum Gasteiger partial charge on any atom is -0.331 e. The van der Waals surface area contributed by atoms with E-state index in [1.54, 1.807) is 11.0 Å². The zero-order valence-electron chi connectivity index (χ0n) is 13.4. The van der Waals surface area contributed by atoms with Crippen molar-refractivity contribution in [2.75, 3.05) is 11.4 Å². The van der Waals surface area contributed by atoms with E-state index < -0.39 is 0 Å². The summed E-state index contributed by atoms with van der Waals surface area (Å²) in [6, 6.07) is 15.3. The minimum absolute atomic E-state index is 0.0543. The van der Waals surface area contributed by atoms with Crippen LogP contribution in [0.1, 0.15) is 16.2 Å². The molecule has 3 rings (SSSR count). The lowest BCUT2D eigenvalue weighted by Crippen LogP contribution is -2.30. The molecule has 0 aliphatic carbocycles. The summed E-state index contributed by atoms with van der Waals surface area (Å²) in [7, 11) is 1.97. The van der Waals surface area contributed by atoms with E-state index in [1.807, 2.05) is 67.1 Å². The molecule has 1 aromatic heterocycles. The number of hydrogen-bond donors (Lipinski definition) is 0. The molecule has 1 heterocycles. The standard InChI is InChI=1S/C19H19N3O/c1-4-12-22(16-8-6-5-7-9-16)19(23)15-10-11-18-17(13-15)20-14(2)21(18)3/h4-11,13H,1,12H2,2-3H3. The van der Waals surface area contributed by atoms with Crippen LogP contribution in [0, 0.1) is 6.92 Å². The predicted octanol–water partition coefficient (Wildman–Crippen LogP) is 3.71. The average molecular weight is 305 g/mol. The Balaban J connectivity index is 2.01. The third kappa shape index (κ3) is 2.75. The SMILES string of the molecule is C=CCN(C(=O)c1ccc2c(c1)nc(C)n2C)c1ccccc1. The lowest BCUT2D eigenvalue weighted by molar-refractivity contribution is 0.0990. The molecule has 3 aromatic rings. The zero-order valence-corrected chi connectivity index (χ0v) is 13.4. The number of imidazole rings is 1. The highest BCUT2D eigenvalue weighted by atomic mass is 16.2. The highest BCUT2D eigenvalue weighted by Crippen LogP contribution is 2.20. The van der Waals surface area contributed by atoms with E-state index in [4.69, 9.17) is 0 Å². The van der Waals surface area contributed by atoms with Gasteiger partial charge in [0.25, 0.3) is 5.91 Å². The van der Waals surface area contributed by atoms with Gasteiger partial charge < -0.3 is 9.47 Å². The number of benzene rings is 2. The van der Waals surface area contributed by atoms with Crippen LogP contribution < -0.4 is 4.90 Å². The van der Waals surface area contributed by atoms with Crippen molar-refractivity contribution in [2.45, 2.75) is 6.92 Å². The molecule has 0 saturated heterocycles. The highest BCUT2D eigenvalue weighted by Gasteiger charge is 2.17. The van der Waals surface area contributed by atoms with Crippen molar-refractivity contribution in [2.24, 2.45) is 7.05 Å². The number of hydrogen-bond acceptors (Lipinski definition) is 2. The monoisotopic (exact) mass is 305 g/mol. The Bertz CT molecular complexity index is 865. The van der Waals surface area contributed by atoms with Crippen LogP contribution in [-0.4, -0.2) is 22.0 Å². The number of carbonyl (C=O) groups excluding carboxylic acids is 1. The Hall–Kier alpha value is -2.88. The third-order valence-corrected chi connectivity index (χ3v) is 3.98. The summed E-state index contributed by atoms with van der Waals surface area (Å²) < 4.78 is 2.02. The van der Waals surface area contributed by atoms with Crippen molar-refractivity contribution in [3.63, 3.8) is 0 Å². The van der Waals surface area contributed by atoms with Crippen LogP contribution in [-0.2, 0) is 7.05 Å². The number of aryl methyl sites for hydroxylation is 2. The van der Waals surface area contributed by atoms with E-state index in [0.717, 1.165) is 22.5 Å². The molecule has 0 unspecified atom stereocenters. The van der Waals surface area contributed by atoms with Crippen molar-refractivity contribution in [3.05, 3.63) is 72.6 Å². The maximum Gasteiger partial charge on any atom is 0.258 e. The highest BCUT2D eigenvalue weighted by molar-refractivity contribution is 6.07. The fourth-order valence-electron chi connectivity index (χ4n) is 2.65. The molecule has 4 heteroatoms. The molecule has 0 atom stereocenters. The van der Waals surface area contributed by atoms with Crippen LogP contribution in [0.2, 0.25) is 0 Å². The van der Waals surface area contributed by atoms with E-state index >= 15 is 0 Å². The Kier molecular flexibility index (Phi) is 3.98. The van der Waals surface area contributed by atoms with Crippen molar-refractivity contribution in [1.29, 1.82) is 0 Å². The van der Waals surface area contributed by atoms with Gasteiger partial charge in [-0.15, -0.1) is 6.58 Å². The van der Waals surface area contributed by atoms with Gasteiger partial charge in [0.2, 0.25) is 0 Å². The number of rotatable bonds is 4. The number of para-hydroxylation sites is 1. The second kappa shape index (κ2) is 6.08. The molecular formula is C19H19N3O. The fourth-order valence-corrected chi connectivity index (χ4v) is 2.65. The number of fused-ring (bicyclic) bond motifs is 1. The van der Waals surface area contributed by atoms with Gasteiger partial charge >= 0.3 is 0 Å². The Morgan fingerprint density at radius 1 is 1.26 bits per heavy atom. The lowest BCUT2D eigenvalue weighted by Gasteiger charge is -2.21. The summed E-state index contributed by atoms with van der Waals surface area (Å²) in [4.78, 5) is 19.1. The first kappa shape index (κ1) is 15.0. The van der Waals surface area contributed by atoms with Gasteiger partial charge in [0.1, 0.15) is 5.82 Å². The molecule has 0 aliphatic heterocycles. The van der Waals surface area contributed by atoms with E-state index in [-0.39, 0.29) is 5.91 Å². The predicted molar refractivity (Wildman–Crippen MR) is 93.8 cm³/mol. The molecule has 0 N–H and O–H groups in total. The molecule has 23 heavy (non-hydrogen) atoms. The molecule has 4 nitrogen and oxygen atoms in total. The number of amides is 1. The number of aromatic nitrogens is 2. The molecule has 116 valence electrons. The molecule has 0 spiro atoms. The quantitative estimate of drug-likeness (QED) is 0.689. The van der Waals surface area contributed by atoms with Crippen LogP contribution in [0.3, 0.4) is 0 Å². The van der Waals surface area contributed by atoms with Gasteiger partial charge in [-0.2, -0.15) is 0 Å². The second-order valence-electron chi connectivity index (χ2n) is 5.46. The summed E-state index contributed by atoms with van der Waals surface area (Å²) >= 11 is 0. The van der Waals surface area contributed by atoms with Crippen LogP contribution >= 0.6 is 0 Å². The number of anilines is 1. The van der Waals surface area contributed by atoms with Gasteiger partial charge in [-0.05, 0) is 37.3 Å².